The third-order valence-electron chi connectivity index (χ3n) is 4.93. The zero-order chi connectivity index (χ0) is 16.4. The number of aliphatic hydroxyl groups is 1. The molecule has 5 nitrogen and oxygen atoms in total. The summed E-state index contributed by atoms with van der Waals surface area (Å²) in [6, 6.07) is 6.28. The van der Waals surface area contributed by atoms with Crippen molar-refractivity contribution in [1.29, 1.82) is 0 Å². The van der Waals surface area contributed by atoms with Gasteiger partial charge in [-0.05, 0) is 37.0 Å². The molecule has 2 heterocycles. The molecular weight excluding hydrogens is 299 g/mol. The number of likely N-dealkylation sites (tertiary alicyclic amines) is 2. The zero-order valence-corrected chi connectivity index (χ0v) is 13.0. The number of amides is 2. The van der Waals surface area contributed by atoms with Crippen molar-refractivity contribution in [2.24, 2.45) is 5.41 Å². The fraction of sp³-hybridized carbons (Fsp3) is 0.529. The lowest BCUT2D eigenvalue weighted by molar-refractivity contribution is -0.145. The number of aliphatic hydroxyl groups excluding tert-OH is 1. The van der Waals surface area contributed by atoms with Gasteiger partial charge in [0.25, 0.3) is 0 Å². The predicted molar refractivity (Wildman–Crippen MR) is 81.8 cm³/mol. The van der Waals surface area contributed by atoms with Crippen molar-refractivity contribution in [2.45, 2.75) is 25.8 Å². The van der Waals surface area contributed by atoms with Crippen LogP contribution < -0.4 is 0 Å². The Hall–Kier alpha value is -1.95. The summed E-state index contributed by atoms with van der Waals surface area (Å²) in [7, 11) is 0. The van der Waals surface area contributed by atoms with E-state index >= 15 is 0 Å². The molecule has 124 valence electrons. The summed E-state index contributed by atoms with van der Waals surface area (Å²) >= 11 is 0. The van der Waals surface area contributed by atoms with Crippen LogP contribution in [0.4, 0.5) is 4.39 Å². The maximum absolute atomic E-state index is 13.3. The van der Waals surface area contributed by atoms with E-state index in [1.165, 1.54) is 12.1 Å². The number of carbonyl (C=O) groups is 2. The molecule has 0 aliphatic carbocycles. The van der Waals surface area contributed by atoms with Gasteiger partial charge in [-0.1, -0.05) is 12.1 Å². The van der Waals surface area contributed by atoms with Crippen LogP contribution in [-0.4, -0.2) is 53.0 Å². The van der Waals surface area contributed by atoms with Crippen molar-refractivity contribution < 1.29 is 19.1 Å². The molecular formula is C17H21FN2O3. The average Bonchev–Trinajstić information content (AvgIpc) is 2.84. The van der Waals surface area contributed by atoms with Gasteiger partial charge in [-0.3, -0.25) is 9.59 Å². The lowest BCUT2D eigenvalue weighted by atomic mass is 9.78. The molecule has 1 atom stereocenters. The van der Waals surface area contributed by atoms with Crippen LogP contribution in [-0.2, 0) is 16.1 Å². The highest BCUT2D eigenvalue weighted by molar-refractivity contribution is 5.86. The Morgan fingerprint density at radius 1 is 1.30 bits per heavy atom. The van der Waals surface area contributed by atoms with E-state index in [-0.39, 0.29) is 17.6 Å². The molecule has 1 unspecified atom stereocenters. The summed E-state index contributed by atoms with van der Waals surface area (Å²) in [4.78, 5) is 27.9. The van der Waals surface area contributed by atoms with Crippen molar-refractivity contribution >= 4 is 11.8 Å². The lowest BCUT2D eigenvalue weighted by Gasteiger charge is -2.38. The second-order valence-electron chi connectivity index (χ2n) is 6.46. The van der Waals surface area contributed by atoms with Crippen LogP contribution in [0.15, 0.2) is 24.3 Å². The number of nitrogens with zero attached hydrogens (tertiary/aromatic N) is 2. The van der Waals surface area contributed by atoms with E-state index in [9.17, 15) is 14.0 Å². The number of hydrogen-bond acceptors (Lipinski definition) is 3. The highest BCUT2D eigenvalue weighted by atomic mass is 19.1. The molecule has 23 heavy (non-hydrogen) atoms. The second-order valence-corrected chi connectivity index (χ2v) is 6.46. The minimum Gasteiger partial charge on any atom is -0.387 e. The third-order valence-corrected chi connectivity index (χ3v) is 4.93. The summed E-state index contributed by atoms with van der Waals surface area (Å²) < 4.78 is 13.3. The van der Waals surface area contributed by atoms with Gasteiger partial charge in [0, 0.05) is 26.2 Å². The quantitative estimate of drug-likeness (QED) is 0.909. The minimum atomic E-state index is -0.531. The number of halogens is 1. The predicted octanol–water partition coefficient (Wildman–Crippen LogP) is 1.16. The Balaban J connectivity index is 1.71. The first-order chi connectivity index (χ1) is 11.0. The summed E-state index contributed by atoms with van der Waals surface area (Å²) in [6.45, 7) is 1.48. The molecule has 0 aromatic heterocycles. The molecule has 1 N–H and O–H groups in total. The van der Waals surface area contributed by atoms with Crippen molar-refractivity contribution in [3.8, 4) is 0 Å². The van der Waals surface area contributed by atoms with Crippen LogP contribution in [0.25, 0.3) is 0 Å². The topological polar surface area (TPSA) is 60.9 Å². The monoisotopic (exact) mass is 320 g/mol. The average molecular weight is 320 g/mol. The number of hydrogen-bond donors (Lipinski definition) is 1. The van der Waals surface area contributed by atoms with Gasteiger partial charge in [-0.15, -0.1) is 0 Å². The first kappa shape index (κ1) is 15.9. The smallest absolute Gasteiger partial charge is 0.248 e. The van der Waals surface area contributed by atoms with Gasteiger partial charge < -0.3 is 14.9 Å². The van der Waals surface area contributed by atoms with E-state index in [2.05, 4.69) is 0 Å². The maximum atomic E-state index is 13.3. The number of carbonyl (C=O) groups excluding carboxylic acids is 2. The van der Waals surface area contributed by atoms with Crippen LogP contribution in [0.5, 0.6) is 0 Å². The Morgan fingerprint density at radius 2 is 2.13 bits per heavy atom. The van der Waals surface area contributed by atoms with Crippen LogP contribution in [0.3, 0.4) is 0 Å². The molecule has 2 aliphatic rings. The van der Waals surface area contributed by atoms with E-state index in [1.807, 2.05) is 6.07 Å². The summed E-state index contributed by atoms with van der Waals surface area (Å²) in [5.74, 6) is -0.584. The SMILES string of the molecule is O=C(CO)N1CCCC2(CCN(Cc3cccc(F)c3)C2=O)C1. The van der Waals surface area contributed by atoms with E-state index in [0.717, 1.165) is 18.4 Å². The van der Waals surface area contributed by atoms with Gasteiger partial charge >= 0.3 is 0 Å². The van der Waals surface area contributed by atoms with Crippen LogP contribution in [0.1, 0.15) is 24.8 Å². The minimum absolute atomic E-state index is 0.0391. The fourth-order valence-corrected chi connectivity index (χ4v) is 3.72. The van der Waals surface area contributed by atoms with Gasteiger partial charge in [0.15, 0.2) is 0 Å². The largest absolute Gasteiger partial charge is 0.387 e. The van der Waals surface area contributed by atoms with Gasteiger partial charge in [-0.25, -0.2) is 4.39 Å². The molecule has 1 spiro atoms. The van der Waals surface area contributed by atoms with Crippen molar-refractivity contribution in [3.63, 3.8) is 0 Å². The first-order valence-corrected chi connectivity index (χ1v) is 7.96. The molecule has 3 rings (SSSR count). The third kappa shape index (κ3) is 3.08. The molecule has 1 aromatic carbocycles. The first-order valence-electron chi connectivity index (χ1n) is 7.96. The molecule has 6 heteroatoms. The lowest BCUT2D eigenvalue weighted by Crippen LogP contribution is -2.50. The van der Waals surface area contributed by atoms with Gasteiger partial charge in [0.1, 0.15) is 12.4 Å². The van der Waals surface area contributed by atoms with Gasteiger partial charge in [-0.2, -0.15) is 0 Å². The van der Waals surface area contributed by atoms with E-state index in [1.54, 1.807) is 15.9 Å². The van der Waals surface area contributed by atoms with Crippen molar-refractivity contribution in [3.05, 3.63) is 35.6 Å². The fourth-order valence-electron chi connectivity index (χ4n) is 3.72. The van der Waals surface area contributed by atoms with Gasteiger partial charge in [0.05, 0.1) is 5.41 Å². The summed E-state index contributed by atoms with van der Waals surface area (Å²) in [6.07, 6.45) is 2.24. The van der Waals surface area contributed by atoms with Gasteiger partial charge in [0.2, 0.25) is 11.8 Å². The molecule has 0 radical (unpaired) electrons. The number of piperidine rings is 1. The Bertz CT molecular complexity index is 622. The standard InChI is InChI=1S/C17H21FN2O3/c18-14-4-1-3-13(9-14)10-19-8-6-17(16(19)23)5-2-7-20(12-17)15(22)11-21/h1,3-4,9,21H,2,5-8,10-12H2. The van der Waals surface area contributed by atoms with Crippen LogP contribution in [0.2, 0.25) is 0 Å². The normalized spacial score (nSPS) is 24.5. The Kier molecular flexibility index (Phi) is 4.35. The molecule has 2 saturated heterocycles. The Morgan fingerprint density at radius 3 is 2.87 bits per heavy atom. The highest BCUT2D eigenvalue weighted by Gasteiger charge is 2.49. The van der Waals surface area contributed by atoms with Crippen LogP contribution >= 0.6 is 0 Å². The maximum Gasteiger partial charge on any atom is 0.248 e. The molecule has 0 bridgehead atoms. The highest BCUT2D eigenvalue weighted by Crippen LogP contribution is 2.40. The van der Waals surface area contributed by atoms with Crippen molar-refractivity contribution in [1.82, 2.24) is 9.80 Å². The Labute approximate surface area is 134 Å². The van der Waals surface area contributed by atoms with E-state index in [4.69, 9.17) is 5.11 Å². The number of benzene rings is 1. The summed E-state index contributed by atoms with van der Waals surface area (Å²) in [5.41, 5.74) is 0.241. The summed E-state index contributed by atoms with van der Waals surface area (Å²) in [5, 5.41) is 9.03. The molecule has 2 amide bonds. The molecule has 1 aromatic rings. The molecule has 0 saturated carbocycles. The molecule has 2 aliphatic heterocycles. The zero-order valence-electron chi connectivity index (χ0n) is 13.0. The second kappa shape index (κ2) is 6.28. The van der Waals surface area contributed by atoms with Crippen LogP contribution in [0, 0.1) is 11.2 Å². The number of rotatable bonds is 3. The molecule has 2 fully saturated rings. The van der Waals surface area contributed by atoms with E-state index in [0.29, 0.717) is 32.6 Å². The van der Waals surface area contributed by atoms with E-state index < -0.39 is 12.0 Å². The van der Waals surface area contributed by atoms with Crippen molar-refractivity contribution in [2.75, 3.05) is 26.2 Å².